The lowest BCUT2D eigenvalue weighted by molar-refractivity contribution is -0.140. The summed E-state index contributed by atoms with van der Waals surface area (Å²) in [6, 6.07) is 8.24. The maximum Gasteiger partial charge on any atom is 0.312 e. The molecule has 0 radical (unpaired) electrons. The molecule has 2 heterocycles. The molecular weight excluding hydrogens is 437 g/mol. The first-order chi connectivity index (χ1) is 13.8. The third-order valence-electron chi connectivity index (χ3n) is 4.79. The molecule has 4 rings (SSSR count). The Morgan fingerprint density at radius 1 is 1.21 bits per heavy atom. The number of thiophene rings is 1. The molecule has 0 unspecified atom stereocenters. The number of nitrogens with one attached hydrogen (secondary N) is 3. The minimum absolute atomic E-state index is 0.330. The minimum Gasteiger partial charge on any atom is -0.481 e. The van der Waals surface area contributed by atoms with E-state index >= 15 is 0 Å². The van der Waals surface area contributed by atoms with Crippen LogP contribution in [0, 0.1) is 0 Å². The summed E-state index contributed by atoms with van der Waals surface area (Å²) >= 11 is 13.4. The van der Waals surface area contributed by atoms with Gasteiger partial charge in [-0.05, 0) is 23.6 Å². The summed E-state index contributed by atoms with van der Waals surface area (Å²) in [4.78, 5) is 38.6. The number of fused-ring (bicyclic) bond motifs is 2. The molecule has 2 amide bonds. The maximum absolute atomic E-state index is 12.8. The van der Waals surface area contributed by atoms with Crippen LogP contribution in [0.3, 0.4) is 0 Å². The molecule has 1 aliphatic carbocycles. The molecule has 0 saturated carbocycles. The molecule has 3 aromatic rings. The number of rotatable bonds is 5. The molecular formula is C19H15Cl2N3O4S. The van der Waals surface area contributed by atoms with Crippen molar-refractivity contribution >= 4 is 62.5 Å². The molecule has 1 aromatic carbocycles. The number of aliphatic carboxylic acids is 1. The molecule has 0 bridgehead atoms. The van der Waals surface area contributed by atoms with Gasteiger partial charge in [-0.1, -0.05) is 47.5 Å². The van der Waals surface area contributed by atoms with Crippen LogP contribution in [0.2, 0.25) is 9.36 Å². The van der Waals surface area contributed by atoms with Gasteiger partial charge in [0.05, 0.1) is 27.3 Å². The van der Waals surface area contributed by atoms with E-state index in [1.165, 1.54) is 11.3 Å². The SMILES string of the molecule is O=C(O)CC(=O)N[C@H]1c2ccccc2C[C@H]1NC(=O)c1cc2sc(Cl)c(Cl)c2[nH]1. The van der Waals surface area contributed by atoms with E-state index in [0.29, 0.717) is 27.0 Å². The van der Waals surface area contributed by atoms with Crippen LogP contribution in [0.1, 0.15) is 34.1 Å². The number of carboxylic acids is 1. The number of carbonyl (C=O) groups excluding carboxylic acids is 2. The Kier molecular flexibility index (Phi) is 5.24. The van der Waals surface area contributed by atoms with Gasteiger partial charge < -0.3 is 20.7 Å². The Labute approximate surface area is 179 Å². The normalized spacial score (nSPS) is 17.9. The van der Waals surface area contributed by atoms with Gasteiger partial charge in [0, 0.05) is 0 Å². The lowest BCUT2D eigenvalue weighted by atomic mass is 10.1. The number of aromatic amines is 1. The largest absolute Gasteiger partial charge is 0.481 e. The topological polar surface area (TPSA) is 111 Å². The van der Waals surface area contributed by atoms with Gasteiger partial charge in [-0.25, -0.2) is 0 Å². The monoisotopic (exact) mass is 451 g/mol. The quantitative estimate of drug-likeness (QED) is 0.444. The van der Waals surface area contributed by atoms with Crippen molar-refractivity contribution in [1.82, 2.24) is 15.6 Å². The van der Waals surface area contributed by atoms with Gasteiger partial charge in [0.25, 0.3) is 5.91 Å². The first-order valence-corrected chi connectivity index (χ1v) is 10.3. The van der Waals surface area contributed by atoms with Gasteiger partial charge in [0.2, 0.25) is 5.91 Å². The van der Waals surface area contributed by atoms with E-state index in [1.807, 2.05) is 24.3 Å². The van der Waals surface area contributed by atoms with Crippen molar-refractivity contribution in [3.63, 3.8) is 0 Å². The van der Waals surface area contributed by atoms with Crippen LogP contribution in [-0.4, -0.2) is 33.9 Å². The molecule has 0 saturated heterocycles. The summed E-state index contributed by atoms with van der Waals surface area (Å²) in [5.74, 6) is -2.17. The number of carbonyl (C=O) groups is 3. The molecule has 0 aliphatic heterocycles. The number of hydrogen-bond donors (Lipinski definition) is 4. The lowest BCUT2D eigenvalue weighted by Crippen LogP contribution is -2.44. The molecule has 7 nitrogen and oxygen atoms in total. The van der Waals surface area contributed by atoms with E-state index in [1.54, 1.807) is 6.07 Å². The third-order valence-corrected chi connectivity index (χ3v) is 6.73. The average Bonchev–Trinajstić information content (AvgIpc) is 3.29. The van der Waals surface area contributed by atoms with E-state index in [9.17, 15) is 14.4 Å². The highest BCUT2D eigenvalue weighted by molar-refractivity contribution is 7.23. The number of aromatic nitrogens is 1. The fraction of sp³-hybridized carbons (Fsp3) is 0.211. The van der Waals surface area contributed by atoms with Gasteiger partial charge >= 0.3 is 5.97 Å². The second-order valence-corrected chi connectivity index (χ2v) is 8.74. The molecule has 0 spiro atoms. The first kappa shape index (κ1) is 19.8. The predicted octanol–water partition coefficient (Wildman–Crippen LogP) is 3.52. The number of H-pyrrole nitrogens is 1. The van der Waals surface area contributed by atoms with Crippen LogP contribution in [0.4, 0.5) is 0 Å². The molecule has 2 aromatic heterocycles. The van der Waals surface area contributed by atoms with E-state index in [4.69, 9.17) is 28.3 Å². The standard InChI is InChI=1S/C19H15Cl2N3O4S/c20-15-17-12(29-18(15)21)6-11(22-17)19(28)23-10-5-8-3-1-2-4-9(8)16(10)24-13(25)7-14(26)27/h1-4,6,10,16,22H,5,7H2,(H,23,28)(H,24,25)(H,26,27)/t10-,16+/m1/s1. The molecule has 2 atom stereocenters. The molecule has 0 fully saturated rings. The molecule has 29 heavy (non-hydrogen) atoms. The van der Waals surface area contributed by atoms with Crippen LogP contribution >= 0.6 is 34.5 Å². The summed E-state index contributed by atoms with van der Waals surface area (Å²) in [7, 11) is 0. The van der Waals surface area contributed by atoms with Crippen molar-refractivity contribution in [3.8, 4) is 0 Å². The second-order valence-electron chi connectivity index (χ2n) is 6.71. The number of carboxylic acid groups (broad SMARTS) is 1. The number of benzene rings is 1. The Hall–Kier alpha value is -2.55. The van der Waals surface area contributed by atoms with Crippen LogP contribution in [0.5, 0.6) is 0 Å². The highest BCUT2D eigenvalue weighted by atomic mass is 35.5. The Morgan fingerprint density at radius 2 is 1.97 bits per heavy atom. The lowest BCUT2D eigenvalue weighted by Gasteiger charge is -2.22. The first-order valence-electron chi connectivity index (χ1n) is 8.70. The predicted molar refractivity (Wildman–Crippen MR) is 111 cm³/mol. The zero-order valence-electron chi connectivity index (χ0n) is 14.8. The van der Waals surface area contributed by atoms with E-state index < -0.39 is 30.4 Å². The Balaban J connectivity index is 1.56. The zero-order chi connectivity index (χ0) is 20.7. The highest BCUT2D eigenvalue weighted by Crippen LogP contribution is 2.39. The summed E-state index contributed by atoms with van der Waals surface area (Å²) in [5.41, 5.74) is 2.78. The van der Waals surface area contributed by atoms with E-state index in [0.717, 1.165) is 15.8 Å². The second kappa shape index (κ2) is 7.70. The highest BCUT2D eigenvalue weighted by Gasteiger charge is 2.35. The van der Waals surface area contributed by atoms with Gasteiger partial charge in [0.1, 0.15) is 16.5 Å². The van der Waals surface area contributed by atoms with Gasteiger partial charge in [-0.2, -0.15) is 0 Å². The molecule has 1 aliphatic rings. The van der Waals surface area contributed by atoms with Crippen molar-refractivity contribution in [2.24, 2.45) is 0 Å². The van der Waals surface area contributed by atoms with Gasteiger partial charge in [0.15, 0.2) is 0 Å². The minimum atomic E-state index is -1.21. The van der Waals surface area contributed by atoms with Gasteiger partial charge in [-0.15, -0.1) is 11.3 Å². The van der Waals surface area contributed by atoms with E-state index in [2.05, 4.69) is 15.6 Å². The Morgan fingerprint density at radius 3 is 2.69 bits per heavy atom. The van der Waals surface area contributed by atoms with Crippen LogP contribution in [0.25, 0.3) is 10.2 Å². The summed E-state index contributed by atoms with van der Waals surface area (Å²) in [6.45, 7) is 0. The van der Waals surface area contributed by atoms with Crippen LogP contribution in [-0.2, 0) is 16.0 Å². The molecule has 4 N–H and O–H groups in total. The molecule has 150 valence electrons. The fourth-order valence-corrected chi connectivity index (χ4v) is 5.04. The van der Waals surface area contributed by atoms with Crippen LogP contribution < -0.4 is 10.6 Å². The maximum atomic E-state index is 12.8. The fourth-order valence-electron chi connectivity index (χ4n) is 3.56. The molecule has 10 heteroatoms. The summed E-state index contributed by atoms with van der Waals surface area (Å²) in [5, 5.41) is 14.9. The Bertz CT molecular complexity index is 1140. The van der Waals surface area contributed by atoms with Gasteiger partial charge in [-0.3, -0.25) is 14.4 Å². The van der Waals surface area contributed by atoms with E-state index in [-0.39, 0.29) is 5.91 Å². The van der Waals surface area contributed by atoms with Crippen molar-refractivity contribution in [2.75, 3.05) is 0 Å². The third kappa shape index (κ3) is 3.83. The van der Waals surface area contributed by atoms with Crippen molar-refractivity contribution in [2.45, 2.75) is 24.9 Å². The summed E-state index contributed by atoms with van der Waals surface area (Å²) in [6.07, 6.45) is -0.118. The van der Waals surface area contributed by atoms with Crippen LogP contribution in [0.15, 0.2) is 30.3 Å². The number of amides is 2. The van der Waals surface area contributed by atoms with Crippen molar-refractivity contribution in [3.05, 3.63) is 56.5 Å². The number of hydrogen-bond acceptors (Lipinski definition) is 4. The summed E-state index contributed by atoms with van der Waals surface area (Å²) < 4.78 is 1.22. The van der Waals surface area contributed by atoms with Crippen molar-refractivity contribution in [1.29, 1.82) is 0 Å². The van der Waals surface area contributed by atoms with Crippen molar-refractivity contribution < 1.29 is 19.5 Å². The zero-order valence-corrected chi connectivity index (χ0v) is 17.1. The number of halogens is 2. The smallest absolute Gasteiger partial charge is 0.312 e. The average molecular weight is 452 g/mol.